The molecule has 1 aromatic heterocycles. The summed E-state index contributed by atoms with van der Waals surface area (Å²) in [7, 11) is 1.94. The predicted octanol–water partition coefficient (Wildman–Crippen LogP) is 4.60. The van der Waals surface area contributed by atoms with Crippen molar-refractivity contribution >= 4 is 23.6 Å². The highest BCUT2D eigenvalue weighted by Crippen LogP contribution is 2.46. The third-order valence-corrected chi connectivity index (χ3v) is 8.33. The van der Waals surface area contributed by atoms with Gasteiger partial charge >= 0.3 is 6.09 Å². The van der Waals surface area contributed by atoms with Gasteiger partial charge in [0.1, 0.15) is 11.5 Å². The summed E-state index contributed by atoms with van der Waals surface area (Å²) in [6.07, 6.45) is 4.16. The van der Waals surface area contributed by atoms with E-state index in [2.05, 4.69) is 5.32 Å². The van der Waals surface area contributed by atoms with Gasteiger partial charge in [0.2, 0.25) is 5.91 Å². The second-order valence-electron chi connectivity index (χ2n) is 10.4. The lowest BCUT2D eigenvalue weighted by Crippen LogP contribution is -2.49. The molecule has 4 N–H and O–H groups in total. The molecule has 9 heteroatoms. The molecule has 1 saturated carbocycles. The van der Waals surface area contributed by atoms with E-state index in [1.165, 1.54) is 0 Å². The maximum absolute atomic E-state index is 13.5. The molecule has 0 spiro atoms. The van der Waals surface area contributed by atoms with E-state index in [0.29, 0.717) is 53.9 Å². The van der Waals surface area contributed by atoms with E-state index >= 15 is 0 Å². The Kier molecular flexibility index (Phi) is 8.82. The molecule has 1 saturated heterocycles. The van der Waals surface area contributed by atoms with Crippen molar-refractivity contribution < 1.29 is 23.8 Å². The number of nitrogens with one attached hydrogen (secondary N) is 1. The van der Waals surface area contributed by atoms with Crippen LogP contribution in [-0.2, 0) is 15.1 Å². The summed E-state index contributed by atoms with van der Waals surface area (Å²) in [5, 5.41) is 16.2. The largest absolute Gasteiger partial charge is 0.461 e. The third-order valence-electron chi connectivity index (χ3n) is 8.01. The van der Waals surface area contributed by atoms with Crippen LogP contribution < -0.4 is 11.1 Å². The van der Waals surface area contributed by atoms with Crippen molar-refractivity contribution in [3.8, 4) is 11.3 Å². The smallest absolute Gasteiger partial charge is 0.404 e. The molecule has 4 rings (SSSR count). The number of aliphatic hydroxyl groups is 1. The summed E-state index contributed by atoms with van der Waals surface area (Å²) >= 11 is 6.69. The van der Waals surface area contributed by atoms with E-state index in [1.807, 2.05) is 43.1 Å². The van der Waals surface area contributed by atoms with Crippen LogP contribution in [0.15, 0.2) is 34.7 Å². The van der Waals surface area contributed by atoms with E-state index < -0.39 is 11.7 Å². The van der Waals surface area contributed by atoms with Gasteiger partial charge in [-0.3, -0.25) is 4.79 Å². The van der Waals surface area contributed by atoms with Crippen LogP contribution in [0.1, 0.15) is 56.3 Å². The lowest BCUT2D eigenvalue weighted by atomic mass is 9.72. The number of rotatable bonds is 9. The normalized spacial score (nSPS) is 23.6. The second kappa shape index (κ2) is 11.9. The number of hydrogen-bond donors (Lipinski definition) is 3. The van der Waals surface area contributed by atoms with Gasteiger partial charge in [-0.1, -0.05) is 23.7 Å². The lowest BCUT2D eigenvalue weighted by molar-refractivity contribution is -0.141. The Morgan fingerprint density at radius 2 is 2.08 bits per heavy atom. The minimum absolute atomic E-state index is 0.0149. The standard InChI is InChI=1S/C28H38ClN3O5/c1-18-9-12-24(37-18)25-22(7-3-8-23(25)29)28(35,13-5-15-36-27(30)34)20-6-4-14-32(17-20)26(33)19-10-11-21(16-19)31-2/h3,7-9,12,19-21,31,35H,4-6,10-11,13-17H2,1-2H3,(H2,30,34)/t19-,20-,21+,28+/m1/s1. The summed E-state index contributed by atoms with van der Waals surface area (Å²) in [6, 6.07) is 9.58. The molecule has 8 nitrogen and oxygen atoms in total. The summed E-state index contributed by atoms with van der Waals surface area (Å²) in [5.41, 5.74) is 5.12. The summed E-state index contributed by atoms with van der Waals surface area (Å²) in [5.74, 6) is 1.28. The van der Waals surface area contributed by atoms with Crippen molar-refractivity contribution in [3.63, 3.8) is 0 Å². The van der Waals surface area contributed by atoms with Crippen LogP contribution in [0.5, 0.6) is 0 Å². The van der Waals surface area contributed by atoms with Crippen molar-refractivity contribution in [2.24, 2.45) is 17.6 Å². The number of primary amides is 1. The van der Waals surface area contributed by atoms with E-state index in [1.54, 1.807) is 6.07 Å². The maximum atomic E-state index is 13.5. The van der Waals surface area contributed by atoms with Gasteiger partial charge in [-0.05, 0) is 82.7 Å². The molecular weight excluding hydrogens is 494 g/mol. The Balaban J connectivity index is 1.65. The summed E-state index contributed by atoms with van der Waals surface area (Å²) < 4.78 is 10.9. The predicted molar refractivity (Wildman–Crippen MR) is 142 cm³/mol. The molecule has 0 radical (unpaired) electrons. The highest BCUT2D eigenvalue weighted by molar-refractivity contribution is 6.33. The first-order chi connectivity index (χ1) is 17.7. The van der Waals surface area contributed by atoms with E-state index in [0.717, 1.165) is 37.9 Å². The quantitative estimate of drug-likeness (QED) is 0.407. The number of likely N-dealkylation sites (tertiary alicyclic amines) is 1. The number of hydrogen-bond acceptors (Lipinski definition) is 6. The first-order valence-corrected chi connectivity index (χ1v) is 13.6. The molecule has 2 fully saturated rings. The number of carbonyl (C=O) groups is 2. The van der Waals surface area contributed by atoms with Gasteiger partial charge in [0.25, 0.3) is 0 Å². The van der Waals surface area contributed by atoms with E-state index in [9.17, 15) is 14.7 Å². The highest BCUT2D eigenvalue weighted by Gasteiger charge is 2.44. The third kappa shape index (κ3) is 6.13. The van der Waals surface area contributed by atoms with Crippen molar-refractivity contribution in [3.05, 3.63) is 46.7 Å². The Bertz CT molecular complexity index is 1110. The second-order valence-corrected chi connectivity index (χ2v) is 10.8. The molecule has 4 atom stereocenters. The summed E-state index contributed by atoms with van der Waals surface area (Å²) in [6.45, 7) is 3.10. The number of ether oxygens (including phenoxy) is 1. The van der Waals surface area contributed by atoms with Gasteiger partial charge in [0.15, 0.2) is 0 Å². The minimum Gasteiger partial charge on any atom is -0.461 e. The number of nitrogens with zero attached hydrogens (tertiary/aromatic N) is 1. The fraction of sp³-hybridized carbons (Fsp3) is 0.571. The maximum Gasteiger partial charge on any atom is 0.404 e. The highest BCUT2D eigenvalue weighted by atomic mass is 35.5. The number of halogens is 1. The first kappa shape index (κ1) is 27.5. The zero-order chi connectivity index (χ0) is 26.6. The molecule has 2 heterocycles. The summed E-state index contributed by atoms with van der Waals surface area (Å²) in [4.78, 5) is 26.5. The Morgan fingerprint density at radius 3 is 2.76 bits per heavy atom. The average molecular weight is 532 g/mol. The van der Waals surface area contributed by atoms with Gasteiger partial charge in [-0.15, -0.1) is 0 Å². The number of carbonyl (C=O) groups excluding carboxylic acids is 2. The molecule has 0 unspecified atom stereocenters. The Morgan fingerprint density at radius 1 is 1.27 bits per heavy atom. The van der Waals surface area contributed by atoms with Crippen LogP contribution in [0, 0.1) is 18.8 Å². The molecule has 202 valence electrons. The van der Waals surface area contributed by atoms with Crippen molar-refractivity contribution in [1.82, 2.24) is 10.2 Å². The van der Waals surface area contributed by atoms with Crippen LogP contribution in [0.25, 0.3) is 11.3 Å². The van der Waals surface area contributed by atoms with Crippen molar-refractivity contribution in [2.75, 3.05) is 26.7 Å². The van der Waals surface area contributed by atoms with Crippen LogP contribution in [0.3, 0.4) is 0 Å². The van der Waals surface area contributed by atoms with E-state index in [-0.39, 0.29) is 24.3 Å². The molecule has 2 aromatic rings. The van der Waals surface area contributed by atoms with Gasteiger partial charge < -0.3 is 30.2 Å². The molecule has 2 amide bonds. The van der Waals surface area contributed by atoms with Crippen molar-refractivity contribution in [2.45, 2.75) is 63.5 Å². The first-order valence-electron chi connectivity index (χ1n) is 13.2. The van der Waals surface area contributed by atoms with Crippen molar-refractivity contribution in [1.29, 1.82) is 0 Å². The molecule has 1 aromatic carbocycles. The van der Waals surface area contributed by atoms with Crippen LogP contribution >= 0.6 is 11.6 Å². The minimum atomic E-state index is -1.33. The molecular formula is C28H38ClN3O5. The fourth-order valence-electron chi connectivity index (χ4n) is 6.07. The molecule has 2 aliphatic rings. The molecule has 0 bridgehead atoms. The van der Waals surface area contributed by atoms with Crippen LogP contribution in [0.4, 0.5) is 4.79 Å². The zero-order valence-electron chi connectivity index (χ0n) is 21.7. The monoisotopic (exact) mass is 531 g/mol. The number of furan rings is 1. The Hall–Kier alpha value is -2.55. The van der Waals surface area contributed by atoms with Gasteiger partial charge in [-0.2, -0.15) is 0 Å². The van der Waals surface area contributed by atoms with E-state index in [4.69, 9.17) is 26.5 Å². The Labute approximate surface area is 223 Å². The fourth-order valence-corrected chi connectivity index (χ4v) is 6.34. The average Bonchev–Trinajstić information content (AvgIpc) is 3.55. The van der Waals surface area contributed by atoms with Crippen LogP contribution in [-0.4, -0.2) is 54.8 Å². The van der Waals surface area contributed by atoms with Gasteiger partial charge in [0.05, 0.1) is 17.2 Å². The molecule has 1 aliphatic heterocycles. The lowest BCUT2D eigenvalue weighted by Gasteiger charge is -2.44. The number of piperidine rings is 1. The number of aryl methyl sites for hydroxylation is 1. The molecule has 1 aliphatic carbocycles. The number of benzene rings is 1. The number of nitrogens with two attached hydrogens (primary N) is 1. The topological polar surface area (TPSA) is 118 Å². The van der Waals surface area contributed by atoms with Gasteiger partial charge in [0, 0.05) is 36.5 Å². The zero-order valence-corrected chi connectivity index (χ0v) is 22.4. The number of amides is 2. The van der Waals surface area contributed by atoms with Gasteiger partial charge in [-0.25, -0.2) is 4.79 Å². The SMILES string of the molecule is CN[C@H]1CC[C@@H](C(=O)N2CCC[C@@H]([C@@](O)(CCCOC(N)=O)c3cccc(Cl)c3-c3ccc(C)o3)C2)C1. The van der Waals surface area contributed by atoms with Crippen LogP contribution in [0.2, 0.25) is 5.02 Å². The molecule has 37 heavy (non-hydrogen) atoms.